The number of esters is 1. The Hall–Kier alpha value is -1.84. The Morgan fingerprint density at radius 2 is 2.12 bits per heavy atom. The summed E-state index contributed by atoms with van der Waals surface area (Å²) < 4.78 is 4.91. The molecule has 1 unspecified atom stereocenters. The van der Waals surface area contributed by atoms with Crippen LogP contribution in [0.25, 0.3) is 0 Å². The number of nitrogens with zero attached hydrogens (tertiary/aromatic N) is 1. The SMILES string of the molecule is CCOC(=O)C1C(=O)N(C)c2ccccc21. The average Bonchev–Trinajstić information content (AvgIpc) is 2.53. The summed E-state index contributed by atoms with van der Waals surface area (Å²) in [5.74, 6) is -1.48. The molecule has 0 aliphatic carbocycles. The molecule has 0 N–H and O–H groups in total. The second-order valence-electron chi connectivity index (χ2n) is 3.64. The Morgan fingerprint density at radius 3 is 2.81 bits per heavy atom. The maximum atomic E-state index is 11.9. The molecule has 1 aliphatic heterocycles. The summed E-state index contributed by atoms with van der Waals surface area (Å²) in [7, 11) is 1.67. The predicted molar refractivity (Wildman–Crippen MR) is 59.2 cm³/mol. The number of rotatable bonds is 2. The maximum Gasteiger partial charge on any atom is 0.323 e. The van der Waals surface area contributed by atoms with Gasteiger partial charge in [-0.05, 0) is 18.6 Å². The van der Waals surface area contributed by atoms with Gasteiger partial charge in [-0.25, -0.2) is 0 Å². The van der Waals surface area contributed by atoms with Gasteiger partial charge >= 0.3 is 5.97 Å². The molecule has 1 aromatic rings. The molecule has 16 heavy (non-hydrogen) atoms. The Morgan fingerprint density at radius 1 is 1.44 bits per heavy atom. The first-order valence-corrected chi connectivity index (χ1v) is 5.20. The van der Waals surface area contributed by atoms with Crippen molar-refractivity contribution in [1.29, 1.82) is 0 Å². The van der Waals surface area contributed by atoms with E-state index in [0.717, 1.165) is 11.3 Å². The third kappa shape index (κ3) is 1.46. The molecule has 0 saturated carbocycles. The zero-order chi connectivity index (χ0) is 11.7. The van der Waals surface area contributed by atoms with Crippen molar-refractivity contribution in [3.8, 4) is 0 Å². The minimum atomic E-state index is -0.791. The van der Waals surface area contributed by atoms with Gasteiger partial charge in [-0.15, -0.1) is 0 Å². The molecular weight excluding hydrogens is 206 g/mol. The van der Waals surface area contributed by atoms with Crippen LogP contribution in [0.4, 0.5) is 5.69 Å². The van der Waals surface area contributed by atoms with E-state index >= 15 is 0 Å². The lowest BCUT2D eigenvalue weighted by atomic mass is 10.0. The van der Waals surface area contributed by atoms with Crippen LogP contribution in [0, 0.1) is 0 Å². The van der Waals surface area contributed by atoms with Crippen molar-refractivity contribution >= 4 is 17.6 Å². The van der Waals surface area contributed by atoms with E-state index in [1.165, 1.54) is 4.90 Å². The lowest BCUT2D eigenvalue weighted by Crippen LogP contribution is -2.29. The number of benzene rings is 1. The summed E-state index contributed by atoms with van der Waals surface area (Å²) >= 11 is 0. The van der Waals surface area contributed by atoms with Gasteiger partial charge in [0.2, 0.25) is 5.91 Å². The number of anilines is 1. The molecule has 1 amide bonds. The van der Waals surface area contributed by atoms with E-state index in [0.29, 0.717) is 0 Å². The lowest BCUT2D eigenvalue weighted by molar-refractivity contribution is -0.147. The first-order valence-electron chi connectivity index (χ1n) is 5.20. The van der Waals surface area contributed by atoms with Crippen LogP contribution < -0.4 is 4.90 Å². The third-order valence-electron chi connectivity index (χ3n) is 2.71. The van der Waals surface area contributed by atoms with Gasteiger partial charge in [0.1, 0.15) is 0 Å². The van der Waals surface area contributed by atoms with Crippen molar-refractivity contribution in [1.82, 2.24) is 0 Å². The second kappa shape index (κ2) is 3.96. The Bertz CT molecular complexity index is 442. The molecule has 1 heterocycles. The number of fused-ring (bicyclic) bond motifs is 1. The average molecular weight is 219 g/mol. The molecule has 1 aliphatic rings. The van der Waals surface area contributed by atoms with Crippen LogP contribution in [-0.2, 0) is 14.3 Å². The van der Waals surface area contributed by atoms with E-state index < -0.39 is 11.9 Å². The van der Waals surface area contributed by atoms with Crippen LogP contribution in [-0.4, -0.2) is 25.5 Å². The van der Waals surface area contributed by atoms with Crippen molar-refractivity contribution in [2.45, 2.75) is 12.8 Å². The number of hydrogen-bond donors (Lipinski definition) is 0. The number of carbonyl (C=O) groups excluding carboxylic acids is 2. The number of para-hydroxylation sites is 1. The molecule has 0 bridgehead atoms. The van der Waals surface area contributed by atoms with Crippen LogP contribution in [0.1, 0.15) is 18.4 Å². The van der Waals surface area contributed by atoms with Gasteiger partial charge in [-0.3, -0.25) is 9.59 Å². The number of likely N-dealkylation sites (N-methyl/N-ethyl adjacent to an activating group) is 1. The van der Waals surface area contributed by atoms with E-state index in [-0.39, 0.29) is 12.5 Å². The van der Waals surface area contributed by atoms with E-state index in [4.69, 9.17) is 4.74 Å². The van der Waals surface area contributed by atoms with Crippen molar-refractivity contribution in [3.05, 3.63) is 29.8 Å². The summed E-state index contributed by atoms with van der Waals surface area (Å²) in [4.78, 5) is 25.1. The summed E-state index contributed by atoms with van der Waals surface area (Å²) in [5, 5.41) is 0. The quantitative estimate of drug-likeness (QED) is 0.556. The number of ether oxygens (including phenoxy) is 1. The minimum Gasteiger partial charge on any atom is -0.465 e. The van der Waals surface area contributed by atoms with Crippen molar-refractivity contribution in [3.63, 3.8) is 0 Å². The van der Waals surface area contributed by atoms with Crippen LogP contribution in [0.5, 0.6) is 0 Å². The molecular formula is C12H13NO3. The smallest absolute Gasteiger partial charge is 0.323 e. The highest BCUT2D eigenvalue weighted by Gasteiger charge is 2.40. The molecule has 1 atom stereocenters. The fraction of sp³-hybridized carbons (Fsp3) is 0.333. The molecule has 0 spiro atoms. The molecule has 1 aromatic carbocycles. The van der Waals surface area contributed by atoms with Crippen LogP contribution in [0.2, 0.25) is 0 Å². The molecule has 2 rings (SSSR count). The molecule has 0 radical (unpaired) electrons. The van der Waals surface area contributed by atoms with E-state index in [2.05, 4.69) is 0 Å². The Kier molecular flexibility index (Phi) is 2.64. The molecule has 4 heteroatoms. The van der Waals surface area contributed by atoms with Gasteiger partial charge in [-0.1, -0.05) is 18.2 Å². The van der Waals surface area contributed by atoms with Gasteiger partial charge in [0.25, 0.3) is 0 Å². The van der Waals surface area contributed by atoms with Crippen molar-refractivity contribution in [2.75, 3.05) is 18.6 Å². The number of hydrogen-bond acceptors (Lipinski definition) is 3. The zero-order valence-electron chi connectivity index (χ0n) is 9.27. The minimum absolute atomic E-state index is 0.223. The van der Waals surface area contributed by atoms with Gasteiger partial charge in [0.15, 0.2) is 5.92 Å². The van der Waals surface area contributed by atoms with Crippen LogP contribution in [0.3, 0.4) is 0 Å². The summed E-state index contributed by atoms with van der Waals surface area (Å²) in [6, 6.07) is 7.28. The highest BCUT2D eigenvalue weighted by Crippen LogP contribution is 2.36. The first kappa shape index (κ1) is 10.7. The summed E-state index contributed by atoms with van der Waals surface area (Å²) in [5.41, 5.74) is 1.51. The maximum absolute atomic E-state index is 11.9. The van der Waals surface area contributed by atoms with Crippen molar-refractivity contribution in [2.24, 2.45) is 0 Å². The second-order valence-corrected chi connectivity index (χ2v) is 3.64. The zero-order valence-corrected chi connectivity index (χ0v) is 9.27. The van der Waals surface area contributed by atoms with E-state index in [1.54, 1.807) is 20.0 Å². The lowest BCUT2D eigenvalue weighted by Gasteiger charge is -2.10. The monoisotopic (exact) mass is 219 g/mol. The molecule has 4 nitrogen and oxygen atoms in total. The summed E-state index contributed by atoms with van der Waals surface area (Å²) in [6.45, 7) is 2.02. The normalized spacial score (nSPS) is 18.5. The predicted octanol–water partition coefficient (Wildman–Crippen LogP) is 1.31. The fourth-order valence-electron chi connectivity index (χ4n) is 1.94. The number of amides is 1. The van der Waals surface area contributed by atoms with E-state index in [9.17, 15) is 9.59 Å². The van der Waals surface area contributed by atoms with Crippen LogP contribution in [0.15, 0.2) is 24.3 Å². The standard InChI is InChI=1S/C12H13NO3/c1-3-16-12(15)10-8-6-4-5-7-9(8)13(2)11(10)14/h4-7,10H,3H2,1-2H3. The highest BCUT2D eigenvalue weighted by molar-refractivity contribution is 6.15. The first-order chi connectivity index (χ1) is 7.66. The third-order valence-corrected chi connectivity index (χ3v) is 2.71. The molecule has 0 saturated heterocycles. The Balaban J connectivity index is 2.41. The highest BCUT2D eigenvalue weighted by atomic mass is 16.5. The molecule has 0 fully saturated rings. The molecule has 84 valence electrons. The van der Waals surface area contributed by atoms with E-state index in [1.807, 2.05) is 18.2 Å². The largest absolute Gasteiger partial charge is 0.465 e. The number of carbonyl (C=O) groups is 2. The van der Waals surface area contributed by atoms with Gasteiger partial charge in [0, 0.05) is 12.7 Å². The topological polar surface area (TPSA) is 46.6 Å². The van der Waals surface area contributed by atoms with Crippen LogP contribution >= 0.6 is 0 Å². The van der Waals surface area contributed by atoms with Gasteiger partial charge < -0.3 is 9.64 Å². The fourth-order valence-corrected chi connectivity index (χ4v) is 1.94. The Labute approximate surface area is 93.8 Å². The van der Waals surface area contributed by atoms with Gasteiger partial charge in [0.05, 0.1) is 6.61 Å². The summed E-state index contributed by atoms with van der Waals surface area (Å²) in [6.07, 6.45) is 0. The van der Waals surface area contributed by atoms with Crippen molar-refractivity contribution < 1.29 is 14.3 Å². The van der Waals surface area contributed by atoms with Gasteiger partial charge in [-0.2, -0.15) is 0 Å². The molecule has 0 aromatic heterocycles.